The molecular formula is C46H43N9O5. The molecule has 1 saturated heterocycles. The molecule has 5 amide bonds. The highest BCUT2D eigenvalue weighted by Crippen LogP contribution is 2.39. The van der Waals surface area contributed by atoms with E-state index < -0.39 is 29.7 Å². The maximum Gasteiger partial charge on any atom is 0.262 e. The SMILES string of the molecule is Nc1ncccc1-c1nc2ccc(-c3cccc(CCC(=O)NCCCc4cccc5c4C(=O)N(C4CCC(=O)NC4=O)C5=O)c3)nc2n1-c1ccc(C2(N)CCC2)cc1. The lowest BCUT2D eigenvalue weighted by atomic mass is 9.73. The van der Waals surface area contributed by atoms with Gasteiger partial charge in [0.05, 0.1) is 22.4 Å². The number of aryl methyl sites for hydroxylation is 2. The van der Waals surface area contributed by atoms with E-state index in [9.17, 15) is 24.0 Å². The molecule has 9 rings (SSSR count). The predicted octanol–water partition coefficient (Wildman–Crippen LogP) is 5.15. The molecule has 60 heavy (non-hydrogen) atoms. The van der Waals surface area contributed by atoms with E-state index in [1.54, 1.807) is 24.4 Å². The largest absolute Gasteiger partial charge is 0.383 e. The highest BCUT2D eigenvalue weighted by molar-refractivity contribution is 6.24. The van der Waals surface area contributed by atoms with Gasteiger partial charge in [0.15, 0.2) is 11.5 Å². The van der Waals surface area contributed by atoms with Crippen LogP contribution in [0, 0.1) is 0 Å². The van der Waals surface area contributed by atoms with Crippen molar-refractivity contribution in [1.29, 1.82) is 0 Å². The van der Waals surface area contributed by atoms with Crippen molar-refractivity contribution < 1.29 is 24.0 Å². The van der Waals surface area contributed by atoms with Crippen LogP contribution in [0.15, 0.2) is 97.2 Å². The third-order valence-corrected chi connectivity index (χ3v) is 11.9. The van der Waals surface area contributed by atoms with E-state index in [1.807, 2.05) is 53.1 Å². The molecular weight excluding hydrogens is 759 g/mol. The van der Waals surface area contributed by atoms with Crippen LogP contribution in [-0.4, -0.2) is 66.5 Å². The van der Waals surface area contributed by atoms with Gasteiger partial charge >= 0.3 is 0 Å². The lowest BCUT2D eigenvalue weighted by Gasteiger charge is -2.38. The number of carbonyl (C=O) groups is 5. The fraction of sp³-hybridized carbons (Fsp3) is 0.261. The highest BCUT2D eigenvalue weighted by Gasteiger charge is 2.45. The van der Waals surface area contributed by atoms with E-state index in [1.165, 1.54) is 0 Å². The molecule has 6 N–H and O–H groups in total. The van der Waals surface area contributed by atoms with Crippen molar-refractivity contribution >= 4 is 46.5 Å². The summed E-state index contributed by atoms with van der Waals surface area (Å²) in [6.07, 6.45) is 6.63. The number of pyridine rings is 2. The number of benzene rings is 3. The van der Waals surface area contributed by atoms with Crippen molar-refractivity contribution in [2.45, 2.75) is 69.4 Å². The van der Waals surface area contributed by atoms with Crippen LogP contribution in [0.4, 0.5) is 5.82 Å². The number of hydrogen-bond acceptors (Lipinski definition) is 10. The lowest BCUT2D eigenvalue weighted by molar-refractivity contribution is -0.136. The molecule has 3 aliphatic rings. The van der Waals surface area contributed by atoms with Crippen molar-refractivity contribution in [3.8, 4) is 28.3 Å². The Kier molecular flexibility index (Phi) is 10.0. The van der Waals surface area contributed by atoms with E-state index in [-0.39, 0.29) is 41.8 Å². The monoisotopic (exact) mass is 801 g/mol. The van der Waals surface area contributed by atoms with Gasteiger partial charge in [0.25, 0.3) is 11.8 Å². The van der Waals surface area contributed by atoms with Gasteiger partial charge in [0.1, 0.15) is 17.4 Å². The summed E-state index contributed by atoms with van der Waals surface area (Å²) in [7, 11) is 0. The molecule has 302 valence electrons. The van der Waals surface area contributed by atoms with Gasteiger partial charge in [-0.1, -0.05) is 42.5 Å². The molecule has 1 saturated carbocycles. The normalized spacial score (nSPS) is 17.1. The summed E-state index contributed by atoms with van der Waals surface area (Å²) in [6, 6.07) is 27.9. The van der Waals surface area contributed by atoms with E-state index >= 15 is 0 Å². The molecule has 2 fully saturated rings. The highest BCUT2D eigenvalue weighted by atomic mass is 16.2. The number of imidazole rings is 1. The smallest absolute Gasteiger partial charge is 0.262 e. The molecule has 0 radical (unpaired) electrons. The number of carbonyl (C=O) groups excluding carboxylic acids is 5. The standard InChI is InChI=1S/C46H43N9O5/c47-40-33(11-4-25-50-40)41-52-35-18-17-34(51-42(35)54(41)31-15-13-30(14-16-31)46(48)22-5-23-46)29-8-1-6-27(26-29)12-20-37(56)49-24-3-9-28-7-2-10-32-39(28)45(60)55(44(32)59)36-19-21-38(57)53-43(36)58/h1-2,4,6-8,10-11,13-18,25-26,36H,3,5,9,12,19-24,48H2,(H2,47,50)(H,49,56)(H,53,57,58). The van der Waals surface area contributed by atoms with E-state index in [2.05, 4.69) is 39.9 Å². The molecule has 0 spiro atoms. The second-order valence-corrected chi connectivity index (χ2v) is 15.7. The Balaban J connectivity index is 0.861. The Morgan fingerprint density at radius 1 is 0.883 bits per heavy atom. The summed E-state index contributed by atoms with van der Waals surface area (Å²) in [5.74, 6) is -1.25. The van der Waals surface area contributed by atoms with Gasteiger partial charge in [0, 0.05) is 42.4 Å². The fourth-order valence-electron chi connectivity index (χ4n) is 8.47. The van der Waals surface area contributed by atoms with Gasteiger partial charge in [-0.05, 0) is 110 Å². The lowest BCUT2D eigenvalue weighted by Crippen LogP contribution is -2.54. The number of piperidine rings is 1. The van der Waals surface area contributed by atoms with Gasteiger partial charge in [-0.25, -0.2) is 15.0 Å². The number of nitrogens with zero attached hydrogens (tertiary/aromatic N) is 5. The van der Waals surface area contributed by atoms with Crippen molar-refractivity contribution in [1.82, 2.24) is 35.1 Å². The average molecular weight is 802 g/mol. The number of imide groups is 2. The minimum atomic E-state index is -1.02. The summed E-state index contributed by atoms with van der Waals surface area (Å²) >= 11 is 0. The average Bonchev–Trinajstić information content (AvgIpc) is 3.75. The third kappa shape index (κ3) is 7.08. The molecule has 14 heteroatoms. The molecule has 1 unspecified atom stereocenters. The number of fused-ring (bicyclic) bond motifs is 2. The summed E-state index contributed by atoms with van der Waals surface area (Å²) < 4.78 is 2.01. The zero-order valence-electron chi connectivity index (χ0n) is 32.8. The Bertz CT molecular complexity index is 2720. The van der Waals surface area contributed by atoms with Gasteiger partial charge < -0.3 is 16.8 Å². The Labute approximate surface area is 345 Å². The Hall–Kier alpha value is -7.06. The number of anilines is 1. The number of nitrogen functional groups attached to an aromatic ring is 1. The fourth-order valence-corrected chi connectivity index (χ4v) is 8.47. The van der Waals surface area contributed by atoms with Crippen LogP contribution in [-0.2, 0) is 32.8 Å². The second-order valence-electron chi connectivity index (χ2n) is 15.7. The minimum absolute atomic E-state index is 0.0557. The first-order chi connectivity index (χ1) is 29.1. The topological polar surface area (TPSA) is 208 Å². The Morgan fingerprint density at radius 3 is 2.45 bits per heavy atom. The molecule has 6 aromatic rings. The molecule has 5 heterocycles. The molecule has 3 aromatic heterocycles. The van der Waals surface area contributed by atoms with Crippen LogP contribution >= 0.6 is 0 Å². The molecule has 2 aliphatic heterocycles. The summed E-state index contributed by atoms with van der Waals surface area (Å²) in [5.41, 5.74) is 20.6. The van der Waals surface area contributed by atoms with Crippen LogP contribution in [0.1, 0.15) is 82.4 Å². The maximum atomic E-state index is 13.4. The van der Waals surface area contributed by atoms with Crippen molar-refractivity contribution in [2.24, 2.45) is 5.73 Å². The zero-order chi connectivity index (χ0) is 41.5. The molecule has 3 aromatic carbocycles. The van der Waals surface area contributed by atoms with E-state index in [4.69, 9.17) is 21.4 Å². The van der Waals surface area contributed by atoms with Crippen LogP contribution in [0.5, 0.6) is 0 Å². The number of rotatable bonds is 12. The van der Waals surface area contributed by atoms with Gasteiger partial charge in [0.2, 0.25) is 17.7 Å². The number of hydrogen-bond donors (Lipinski definition) is 4. The molecule has 1 atom stereocenters. The van der Waals surface area contributed by atoms with Crippen LogP contribution < -0.4 is 22.1 Å². The van der Waals surface area contributed by atoms with E-state index in [0.717, 1.165) is 52.2 Å². The second kappa shape index (κ2) is 15.6. The zero-order valence-corrected chi connectivity index (χ0v) is 32.8. The molecule has 14 nitrogen and oxygen atoms in total. The summed E-state index contributed by atoms with van der Waals surface area (Å²) in [5, 5.41) is 5.20. The van der Waals surface area contributed by atoms with Gasteiger partial charge in [-0.3, -0.25) is 38.8 Å². The Morgan fingerprint density at radius 2 is 1.68 bits per heavy atom. The van der Waals surface area contributed by atoms with Crippen molar-refractivity contribution in [2.75, 3.05) is 12.3 Å². The number of nitrogens with two attached hydrogens (primary N) is 2. The number of aromatic nitrogens is 4. The summed E-state index contributed by atoms with van der Waals surface area (Å²) in [4.78, 5) is 79.1. The first-order valence-electron chi connectivity index (χ1n) is 20.3. The maximum absolute atomic E-state index is 13.4. The van der Waals surface area contributed by atoms with Crippen LogP contribution in [0.2, 0.25) is 0 Å². The van der Waals surface area contributed by atoms with Crippen molar-refractivity contribution in [3.63, 3.8) is 0 Å². The molecule has 0 bridgehead atoms. The first kappa shape index (κ1) is 38.5. The van der Waals surface area contributed by atoms with Crippen LogP contribution in [0.25, 0.3) is 39.5 Å². The van der Waals surface area contributed by atoms with Gasteiger partial charge in [-0.2, -0.15) is 0 Å². The van der Waals surface area contributed by atoms with Crippen LogP contribution in [0.3, 0.4) is 0 Å². The summed E-state index contributed by atoms with van der Waals surface area (Å²) in [6.45, 7) is 0.377. The third-order valence-electron chi connectivity index (χ3n) is 11.9. The minimum Gasteiger partial charge on any atom is -0.383 e. The van der Waals surface area contributed by atoms with E-state index in [0.29, 0.717) is 59.7 Å². The van der Waals surface area contributed by atoms with Gasteiger partial charge in [-0.15, -0.1) is 0 Å². The quantitative estimate of drug-likeness (QED) is 0.0945. The number of amides is 5. The number of nitrogens with one attached hydrogen (secondary N) is 2. The first-order valence-corrected chi connectivity index (χ1v) is 20.3. The van der Waals surface area contributed by atoms with Crippen molar-refractivity contribution in [3.05, 3.63) is 125 Å². The molecule has 1 aliphatic carbocycles. The predicted molar refractivity (Wildman–Crippen MR) is 224 cm³/mol.